The van der Waals surface area contributed by atoms with Crippen molar-refractivity contribution in [1.29, 1.82) is 0 Å². The van der Waals surface area contributed by atoms with E-state index >= 15 is 0 Å². The summed E-state index contributed by atoms with van der Waals surface area (Å²) in [6.45, 7) is 3.76. The Morgan fingerprint density at radius 1 is 1.25 bits per heavy atom. The van der Waals surface area contributed by atoms with Gasteiger partial charge in [-0.3, -0.25) is 0 Å². The lowest BCUT2D eigenvalue weighted by Gasteiger charge is -2.16. The molecule has 0 aliphatic rings. The lowest BCUT2D eigenvalue weighted by molar-refractivity contribution is 0.287. The number of benzene rings is 1. The smallest absolute Gasteiger partial charge is 0.165 e. The van der Waals surface area contributed by atoms with Crippen LogP contribution >= 0.6 is 11.6 Å². The van der Waals surface area contributed by atoms with Crippen molar-refractivity contribution in [1.82, 2.24) is 0 Å². The Bertz CT molecular complexity index is 389. The van der Waals surface area contributed by atoms with E-state index in [2.05, 4.69) is 0 Å². The number of hydrogen-bond donors (Lipinski definition) is 2. The first-order chi connectivity index (χ1) is 7.54. The second-order valence-electron chi connectivity index (χ2n) is 3.75. The molecule has 1 aromatic carbocycles. The van der Waals surface area contributed by atoms with Crippen LogP contribution < -0.4 is 4.74 Å². The van der Waals surface area contributed by atoms with E-state index in [1.165, 1.54) is 7.11 Å². The Balaban J connectivity index is 3.31. The minimum absolute atomic E-state index is 0.0900. The van der Waals surface area contributed by atoms with E-state index in [4.69, 9.17) is 21.4 Å². The Hall–Kier alpha value is -0.930. The number of aliphatic hydroxyl groups is 1. The molecular formula is C12H17ClO3. The van der Waals surface area contributed by atoms with Crippen LogP contribution in [0.1, 0.15) is 23.1 Å². The number of phenols is 1. The van der Waals surface area contributed by atoms with Crippen molar-refractivity contribution in [3.8, 4) is 11.5 Å². The quantitative estimate of drug-likeness (QED) is 0.856. The van der Waals surface area contributed by atoms with Gasteiger partial charge in [0.15, 0.2) is 11.5 Å². The first-order valence-corrected chi connectivity index (χ1v) is 5.57. The summed E-state index contributed by atoms with van der Waals surface area (Å²) in [7, 11) is 1.50. The summed E-state index contributed by atoms with van der Waals surface area (Å²) >= 11 is 6.16. The number of aromatic hydroxyl groups is 1. The van der Waals surface area contributed by atoms with Crippen LogP contribution in [0.4, 0.5) is 0 Å². The molecule has 16 heavy (non-hydrogen) atoms. The number of aliphatic hydroxyl groups excluding tert-OH is 1. The molecule has 2 N–H and O–H groups in total. The average molecular weight is 245 g/mol. The maximum atomic E-state index is 10.0. The molecule has 1 rings (SSSR count). The number of hydrogen-bond acceptors (Lipinski definition) is 3. The molecule has 0 unspecified atom stereocenters. The molecule has 0 spiro atoms. The highest BCUT2D eigenvalue weighted by Crippen LogP contribution is 2.41. The average Bonchev–Trinajstić information content (AvgIpc) is 2.27. The molecule has 0 fully saturated rings. The van der Waals surface area contributed by atoms with Crippen molar-refractivity contribution < 1.29 is 14.9 Å². The van der Waals surface area contributed by atoms with Crippen molar-refractivity contribution in [3.63, 3.8) is 0 Å². The summed E-state index contributed by atoms with van der Waals surface area (Å²) in [5, 5.41) is 19.5. The fourth-order valence-electron chi connectivity index (χ4n) is 1.82. The number of halogens is 1. The van der Waals surface area contributed by atoms with Crippen molar-refractivity contribution in [2.45, 2.75) is 26.7 Å². The fraction of sp³-hybridized carbons (Fsp3) is 0.500. The van der Waals surface area contributed by atoms with E-state index in [1.54, 1.807) is 0 Å². The predicted octanol–water partition coefficient (Wildman–Crippen LogP) is 2.60. The first kappa shape index (κ1) is 13.1. The number of methoxy groups -OCH3 is 1. The SMILES string of the molecule is COc1c(C)c(Cl)c(C)c(CCCO)c1O. The Morgan fingerprint density at radius 3 is 2.38 bits per heavy atom. The van der Waals surface area contributed by atoms with Crippen molar-refractivity contribution in [2.24, 2.45) is 0 Å². The third-order valence-electron chi connectivity index (χ3n) is 2.74. The van der Waals surface area contributed by atoms with E-state index in [1.807, 2.05) is 13.8 Å². The molecule has 0 saturated heterocycles. The Kier molecular flexibility index (Phi) is 4.44. The van der Waals surface area contributed by atoms with Gasteiger partial charge in [0.25, 0.3) is 0 Å². The van der Waals surface area contributed by atoms with Gasteiger partial charge in [-0.1, -0.05) is 11.6 Å². The lowest BCUT2D eigenvalue weighted by atomic mass is 9.99. The topological polar surface area (TPSA) is 49.7 Å². The van der Waals surface area contributed by atoms with Gasteiger partial charge in [-0.25, -0.2) is 0 Å². The molecule has 0 aliphatic carbocycles. The molecule has 0 atom stereocenters. The Labute approximate surface area is 101 Å². The molecule has 0 aliphatic heterocycles. The predicted molar refractivity (Wildman–Crippen MR) is 64.5 cm³/mol. The highest BCUT2D eigenvalue weighted by atomic mass is 35.5. The molecule has 90 valence electrons. The number of rotatable bonds is 4. The van der Waals surface area contributed by atoms with E-state index < -0.39 is 0 Å². The molecule has 0 heterocycles. The summed E-state index contributed by atoms with van der Waals surface area (Å²) in [6, 6.07) is 0. The zero-order chi connectivity index (χ0) is 12.3. The minimum Gasteiger partial charge on any atom is -0.504 e. The summed E-state index contributed by atoms with van der Waals surface area (Å²) in [4.78, 5) is 0. The lowest BCUT2D eigenvalue weighted by Crippen LogP contribution is -1.99. The molecule has 1 aromatic rings. The summed E-state index contributed by atoms with van der Waals surface area (Å²) in [5.74, 6) is 0.555. The zero-order valence-corrected chi connectivity index (χ0v) is 10.6. The largest absolute Gasteiger partial charge is 0.504 e. The summed E-state index contributed by atoms with van der Waals surface area (Å²) in [5.41, 5.74) is 2.35. The van der Waals surface area contributed by atoms with Crippen LogP contribution in [0, 0.1) is 13.8 Å². The van der Waals surface area contributed by atoms with Gasteiger partial charge >= 0.3 is 0 Å². The molecular weight excluding hydrogens is 228 g/mol. The number of phenolic OH excluding ortho intramolecular Hbond substituents is 1. The van der Waals surface area contributed by atoms with E-state index in [0.29, 0.717) is 23.6 Å². The van der Waals surface area contributed by atoms with Crippen molar-refractivity contribution in [3.05, 3.63) is 21.7 Å². The highest BCUT2D eigenvalue weighted by molar-refractivity contribution is 6.32. The highest BCUT2D eigenvalue weighted by Gasteiger charge is 2.18. The second-order valence-corrected chi connectivity index (χ2v) is 4.13. The number of ether oxygens (including phenoxy) is 1. The minimum atomic E-state index is 0.0900. The van der Waals surface area contributed by atoms with Crippen LogP contribution in [0.5, 0.6) is 11.5 Å². The molecule has 0 radical (unpaired) electrons. The van der Waals surface area contributed by atoms with Gasteiger partial charge in [-0.15, -0.1) is 0 Å². The van der Waals surface area contributed by atoms with Gasteiger partial charge in [-0.2, -0.15) is 0 Å². The van der Waals surface area contributed by atoms with E-state index in [0.717, 1.165) is 16.7 Å². The second kappa shape index (κ2) is 5.41. The van der Waals surface area contributed by atoms with Gasteiger partial charge in [0.05, 0.1) is 12.1 Å². The van der Waals surface area contributed by atoms with E-state index in [-0.39, 0.29) is 12.4 Å². The van der Waals surface area contributed by atoms with Crippen LogP contribution in [-0.4, -0.2) is 23.9 Å². The normalized spacial score (nSPS) is 10.6. The van der Waals surface area contributed by atoms with Crippen LogP contribution in [0.15, 0.2) is 0 Å². The molecule has 3 nitrogen and oxygen atoms in total. The van der Waals surface area contributed by atoms with Crippen LogP contribution in [-0.2, 0) is 6.42 Å². The van der Waals surface area contributed by atoms with Crippen molar-refractivity contribution in [2.75, 3.05) is 13.7 Å². The van der Waals surface area contributed by atoms with Crippen LogP contribution in [0.3, 0.4) is 0 Å². The molecule has 0 saturated carbocycles. The van der Waals surface area contributed by atoms with Gasteiger partial charge in [-0.05, 0) is 32.3 Å². The maximum absolute atomic E-state index is 10.0. The summed E-state index contributed by atoms with van der Waals surface area (Å²) in [6.07, 6.45) is 1.18. The zero-order valence-electron chi connectivity index (χ0n) is 9.80. The maximum Gasteiger partial charge on any atom is 0.165 e. The molecule has 0 amide bonds. The van der Waals surface area contributed by atoms with Gasteiger partial charge < -0.3 is 14.9 Å². The first-order valence-electron chi connectivity index (χ1n) is 5.19. The van der Waals surface area contributed by atoms with Gasteiger partial charge in [0, 0.05) is 17.7 Å². The van der Waals surface area contributed by atoms with E-state index in [9.17, 15) is 5.11 Å². The van der Waals surface area contributed by atoms with Gasteiger partial charge in [0.1, 0.15) is 0 Å². The third kappa shape index (κ3) is 2.25. The van der Waals surface area contributed by atoms with Crippen LogP contribution in [0.2, 0.25) is 5.02 Å². The fourth-order valence-corrected chi connectivity index (χ4v) is 2.02. The third-order valence-corrected chi connectivity index (χ3v) is 3.31. The van der Waals surface area contributed by atoms with Gasteiger partial charge in [0.2, 0.25) is 0 Å². The Morgan fingerprint density at radius 2 is 1.88 bits per heavy atom. The molecule has 0 aromatic heterocycles. The standard InChI is InChI=1S/C12H17ClO3/c1-7-9(5-4-6-14)11(15)12(16-3)8(2)10(7)13/h14-15H,4-6H2,1-3H3. The molecule has 0 bridgehead atoms. The van der Waals surface area contributed by atoms with Crippen molar-refractivity contribution >= 4 is 11.6 Å². The monoisotopic (exact) mass is 244 g/mol. The van der Waals surface area contributed by atoms with Crippen LogP contribution in [0.25, 0.3) is 0 Å². The summed E-state index contributed by atoms with van der Waals surface area (Å²) < 4.78 is 5.14. The molecule has 4 heteroatoms.